The third-order valence-corrected chi connectivity index (χ3v) is 4.49. The minimum Gasteiger partial charge on any atom is -0.314 e. The van der Waals surface area contributed by atoms with Crippen LogP contribution in [-0.4, -0.2) is 22.4 Å². The molecule has 0 saturated carbocycles. The maximum Gasteiger partial charge on any atom is 0.0738 e. The molecule has 1 aromatic rings. The number of piperidine rings is 1. The Hall–Kier alpha value is -0.350. The van der Waals surface area contributed by atoms with E-state index in [1.54, 1.807) is 0 Å². The highest BCUT2D eigenvalue weighted by atomic mass is 79.9. The normalized spacial score (nSPS) is 26.0. The Labute approximate surface area is 106 Å². The first-order valence-corrected chi connectivity index (χ1v) is 6.78. The monoisotopic (exact) mass is 285 g/mol. The van der Waals surface area contributed by atoms with Crippen LogP contribution in [0, 0.1) is 12.8 Å². The van der Waals surface area contributed by atoms with Gasteiger partial charge in [-0.15, -0.1) is 0 Å². The van der Waals surface area contributed by atoms with Crippen molar-refractivity contribution in [3.8, 4) is 0 Å². The Morgan fingerprint density at radius 1 is 1.56 bits per heavy atom. The number of rotatable bonds is 2. The van der Waals surface area contributed by atoms with Gasteiger partial charge in [0.05, 0.1) is 15.9 Å². The first-order valence-electron chi connectivity index (χ1n) is 5.99. The quantitative estimate of drug-likeness (QED) is 0.905. The molecule has 90 valence electrons. The minimum absolute atomic E-state index is 0.606. The topological polar surface area (TPSA) is 29.9 Å². The van der Waals surface area contributed by atoms with Crippen molar-refractivity contribution >= 4 is 15.9 Å². The number of halogens is 1. The average Bonchev–Trinajstić information content (AvgIpc) is 2.45. The zero-order valence-electron chi connectivity index (χ0n) is 10.3. The summed E-state index contributed by atoms with van der Waals surface area (Å²) in [5, 5.41) is 8.04. The van der Waals surface area contributed by atoms with Gasteiger partial charge >= 0.3 is 0 Å². The van der Waals surface area contributed by atoms with Crippen LogP contribution in [0.25, 0.3) is 0 Å². The summed E-state index contributed by atoms with van der Waals surface area (Å²) in [5.74, 6) is 0.847. The fraction of sp³-hybridized carbons (Fsp3) is 0.750. The summed E-state index contributed by atoms with van der Waals surface area (Å²) in [7, 11) is 2.03. The van der Waals surface area contributed by atoms with E-state index in [4.69, 9.17) is 0 Å². The lowest BCUT2D eigenvalue weighted by molar-refractivity contribution is 0.315. The number of hydrogen-bond acceptors (Lipinski definition) is 2. The van der Waals surface area contributed by atoms with Crippen molar-refractivity contribution in [1.82, 2.24) is 15.1 Å². The van der Waals surface area contributed by atoms with E-state index < -0.39 is 0 Å². The Balaban J connectivity index is 2.08. The first kappa shape index (κ1) is 12.1. The van der Waals surface area contributed by atoms with Crippen molar-refractivity contribution < 1.29 is 0 Å². The lowest BCUT2D eigenvalue weighted by Gasteiger charge is -2.28. The Morgan fingerprint density at radius 2 is 2.31 bits per heavy atom. The number of aromatic nitrogens is 2. The molecule has 0 bridgehead atoms. The lowest BCUT2D eigenvalue weighted by atomic mass is 9.92. The molecule has 2 atom stereocenters. The molecule has 4 heteroatoms. The van der Waals surface area contributed by atoms with Crippen LogP contribution in [0.5, 0.6) is 0 Å². The zero-order chi connectivity index (χ0) is 11.7. The van der Waals surface area contributed by atoms with E-state index in [1.165, 1.54) is 23.0 Å². The molecule has 1 aliphatic rings. The van der Waals surface area contributed by atoms with Gasteiger partial charge in [0.1, 0.15) is 0 Å². The molecule has 0 radical (unpaired) electrons. The van der Waals surface area contributed by atoms with Gasteiger partial charge in [-0.25, -0.2) is 0 Å². The molecule has 16 heavy (non-hydrogen) atoms. The number of nitrogens with zero attached hydrogens (tertiary/aromatic N) is 2. The summed E-state index contributed by atoms with van der Waals surface area (Å²) in [6.07, 6.45) is 3.65. The van der Waals surface area contributed by atoms with Crippen molar-refractivity contribution in [2.45, 2.75) is 39.2 Å². The predicted molar refractivity (Wildman–Crippen MR) is 69.5 cm³/mol. The summed E-state index contributed by atoms with van der Waals surface area (Å²) in [5.41, 5.74) is 2.39. The molecule has 1 aliphatic heterocycles. The molecule has 3 nitrogen and oxygen atoms in total. The molecule has 1 aromatic heterocycles. The number of hydrogen-bond donors (Lipinski definition) is 1. The van der Waals surface area contributed by atoms with E-state index in [0.717, 1.165) is 24.6 Å². The third-order valence-electron chi connectivity index (χ3n) is 3.46. The van der Waals surface area contributed by atoms with Gasteiger partial charge in [0.2, 0.25) is 0 Å². The molecule has 0 amide bonds. The third kappa shape index (κ3) is 2.48. The second kappa shape index (κ2) is 4.88. The fourth-order valence-corrected chi connectivity index (χ4v) is 3.01. The summed E-state index contributed by atoms with van der Waals surface area (Å²) in [6.45, 7) is 5.54. The van der Waals surface area contributed by atoms with Crippen molar-refractivity contribution in [2.75, 3.05) is 6.54 Å². The zero-order valence-corrected chi connectivity index (χ0v) is 11.8. The molecule has 0 spiro atoms. The van der Waals surface area contributed by atoms with Crippen LogP contribution in [0.3, 0.4) is 0 Å². The molecular formula is C12H20BrN3. The van der Waals surface area contributed by atoms with Crippen LogP contribution < -0.4 is 5.32 Å². The molecule has 1 saturated heterocycles. The van der Waals surface area contributed by atoms with Gasteiger partial charge in [-0.1, -0.05) is 6.92 Å². The highest BCUT2D eigenvalue weighted by Crippen LogP contribution is 2.24. The molecule has 0 aliphatic carbocycles. The van der Waals surface area contributed by atoms with E-state index in [1.807, 2.05) is 18.7 Å². The van der Waals surface area contributed by atoms with Gasteiger partial charge in [0, 0.05) is 19.5 Å². The van der Waals surface area contributed by atoms with E-state index in [9.17, 15) is 0 Å². The summed E-state index contributed by atoms with van der Waals surface area (Å²) in [4.78, 5) is 0. The highest BCUT2D eigenvalue weighted by molar-refractivity contribution is 9.10. The van der Waals surface area contributed by atoms with Crippen LogP contribution in [-0.2, 0) is 13.5 Å². The van der Waals surface area contributed by atoms with E-state index >= 15 is 0 Å². The number of aryl methyl sites for hydroxylation is 2. The molecule has 0 aromatic carbocycles. The van der Waals surface area contributed by atoms with E-state index in [2.05, 4.69) is 33.3 Å². The van der Waals surface area contributed by atoms with Crippen LogP contribution >= 0.6 is 15.9 Å². The molecule has 2 heterocycles. The predicted octanol–water partition coefficient (Wildman–Crippen LogP) is 2.42. The van der Waals surface area contributed by atoms with Crippen LogP contribution in [0.4, 0.5) is 0 Å². The fourth-order valence-electron chi connectivity index (χ4n) is 2.51. The highest BCUT2D eigenvalue weighted by Gasteiger charge is 2.21. The summed E-state index contributed by atoms with van der Waals surface area (Å²) in [6, 6.07) is 0.606. The van der Waals surface area contributed by atoms with Crippen LogP contribution in [0.2, 0.25) is 0 Å². The van der Waals surface area contributed by atoms with Gasteiger partial charge in [0.25, 0.3) is 0 Å². The second-order valence-electron chi connectivity index (χ2n) is 4.95. The van der Waals surface area contributed by atoms with Crippen molar-refractivity contribution in [1.29, 1.82) is 0 Å². The molecule has 1 fully saturated rings. The maximum atomic E-state index is 4.44. The lowest BCUT2D eigenvalue weighted by Crippen LogP contribution is -2.39. The first-order chi connectivity index (χ1) is 7.58. The second-order valence-corrected chi connectivity index (χ2v) is 5.75. The van der Waals surface area contributed by atoms with E-state index in [0.29, 0.717) is 6.04 Å². The Bertz CT molecular complexity index is 373. The number of nitrogens with one attached hydrogen (secondary N) is 1. The summed E-state index contributed by atoms with van der Waals surface area (Å²) >= 11 is 3.63. The Kier molecular flexibility index (Phi) is 3.70. The standard InChI is InChI=1S/C12H20BrN3/c1-8-4-5-14-10(6-8)7-11-12(13)9(2)15-16(11)3/h8,10,14H,4-7H2,1-3H3. The largest absolute Gasteiger partial charge is 0.314 e. The SMILES string of the molecule is Cc1nn(C)c(CC2CC(C)CCN2)c1Br. The molecule has 2 unspecified atom stereocenters. The van der Waals surface area contributed by atoms with Crippen molar-refractivity contribution in [3.63, 3.8) is 0 Å². The minimum atomic E-state index is 0.606. The van der Waals surface area contributed by atoms with Gasteiger partial charge in [0.15, 0.2) is 0 Å². The van der Waals surface area contributed by atoms with Crippen molar-refractivity contribution in [3.05, 3.63) is 15.9 Å². The Morgan fingerprint density at radius 3 is 2.88 bits per heavy atom. The van der Waals surface area contributed by atoms with Gasteiger partial charge in [-0.2, -0.15) is 5.10 Å². The van der Waals surface area contributed by atoms with Gasteiger partial charge < -0.3 is 5.32 Å². The average molecular weight is 286 g/mol. The molecule has 1 N–H and O–H groups in total. The van der Waals surface area contributed by atoms with Crippen molar-refractivity contribution in [2.24, 2.45) is 13.0 Å². The van der Waals surface area contributed by atoms with Gasteiger partial charge in [-0.3, -0.25) is 4.68 Å². The molecule has 2 rings (SSSR count). The van der Waals surface area contributed by atoms with Crippen LogP contribution in [0.1, 0.15) is 31.2 Å². The molecular weight excluding hydrogens is 266 g/mol. The van der Waals surface area contributed by atoms with Gasteiger partial charge in [-0.05, 0) is 48.2 Å². The summed E-state index contributed by atoms with van der Waals surface area (Å²) < 4.78 is 3.18. The smallest absolute Gasteiger partial charge is 0.0738 e. The van der Waals surface area contributed by atoms with Crippen LogP contribution in [0.15, 0.2) is 4.47 Å². The van der Waals surface area contributed by atoms with E-state index in [-0.39, 0.29) is 0 Å². The maximum absolute atomic E-state index is 4.44.